The summed E-state index contributed by atoms with van der Waals surface area (Å²) in [4.78, 5) is 21.3. The van der Waals surface area contributed by atoms with Crippen molar-refractivity contribution in [1.29, 1.82) is 0 Å². The molecule has 0 atom stereocenters. The third-order valence-electron chi connectivity index (χ3n) is 3.16. The monoisotopic (exact) mass is 494 g/mol. The zero-order valence-corrected chi connectivity index (χ0v) is 15.9. The van der Waals surface area contributed by atoms with Crippen LogP contribution in [0.5, 0.6) is 11.5 Å². The van der Waals surface area contributed by atoms with Gasteiger partial charge in [-0.25, -0.2) is 18.0 Å². The molecular formula is C14H8Br2O8S. The quantitative estimate of drug-likeness (QED) is 0.505. The van der Waals surface area contributed by atoms with Crippen molar-refractivity contribution < 1.29 is 38.4 Å². The molecule has 0 bridgehead atoms. The summed E-state index contributed by atoms with van der Waals surface area (Å²) in [5.74, 6) is -4.39. The van der Waals surface area contributed by atoms with E-state index in [0.717, 1.165) is 24.3 Å². The van der Waals surface area contributed by atoms with Gasteiger partial charge in [0, 0.05) is 0 Å². The minimum atomic E-state index is -4.34. The summed E-state index contributed by atoms with van der Waals surface area (Å²) < 4.78 is 25.1. The SMILES string of the molecule is O=C(O)c1cc(S(=O)(=O)c2cc(Br)c(O)c(C(=O)O)c2)cc(Br)c1O. The van der Waals surface area contributed by atoms with Gasteiger partial charge >= 0.3 is 11.9 Å². The number of hydrogen-bond donors (Lipinski definition) is 4. The first-order valence-electron chi connectivity index (χ1n) is 6.23. The third-order valence-corrected chi connectivity index (χ3v) is 6.08. The zero-order chi connectivity index (χ0) is 19.1. The number of carboxylic acid groups (broad SMARTS) is 2. The lowest BCUT2D eigenvalue weighted by atomic mass is 10.2. The average molecular weight is 496 g/mol. The molecule has 132 valence electrons. The van der Waals surface area contributed by atoms with E-state index < -0.39 is 54.2 Å². The van der Waals surface area contributed by atoms with E-state index in [1.165, 1.54) is 0 Å². The van der Waals surface area contributed by atoms with Crippen LogP contribution in [0.4, 0.5) is 0 Å². The Morgan fingerprint density at radius 2 is 1.08 bits per heavy atom. The normalized spacial score (nSPS) is 11.3. The fourth-order valence-corrected chi connectivity index (χ4v) is 4.51. The highest BCUT2D eigenvalue weighted by Crippen LogP contribution is 2.36. The minimum Gasteiger partial charge on any atom is -0.506 e. The predicted molar refractivity (Wildman–Crippen MR) is 91.0 cm³/mol. The average Bonchev–Trinajstić information content (AvgIpc) is 2.51. The summed E-state index contributed by atoms with van der Waals surface area (Å²) in [6.07, 6.45) is 0. The molecule has 0 heterocycles. The first-order chi connectivity index (χ1) is 11.5. The number of rotatable bonds is 4. The number of halogens is 2. The molecule has 0 unspecified atom stereocenters. The Kier molecular flexibility index (Phi) is 5.11. The van der Waals surface area contributed by atoms with Gasteiger partial charge in [-0.15, -0.1) is 0 Å². The maximum atomic E-state index is 12.7. The summed E-state index contributed by atoms with van der Waals surface area (Å²) in [6.45, 7) is 0. The Hall–Kier alpha value is -2.11. The first kappa shape index (κ1) is 19.2. The molecule has 2 aromatic rings. The van der Waals surface area contributed by atoms with E-state index in [4.69, 9.17) is 10.2 Å². The fourth-order valence-electron chi connectivity index (χ4n) is 1.92. The summed E-state index contributed by atoms with van der Waals surface area (Å²) in [5.41, 5.74) is -1.30. The van der Waals surface area contributed by atoms with Gasteiger partial charge in [-0.2, -0.15) is 0 Å². The van der Waals surface area contributed by atoms with Crippen molar-refractivity contribution in [2.24, 2.45) is 0 Å². The van der Waals surface area contributed by atoms with Gasteiger partial charge in [0.15, 0.2) is 0 Å². The highest BCUT2D eigenvalue weighted by molar-refractivity contribution is 9.11. The van der Waals surface area contributed by atoms with Gasteiger partial charge in [0.1, 0.15) is 22.6 Å². The molecule has 2 rings (SSSR count). The van der Waals surface area contributed by atoms with Crippen LogP contribution in [0, 0.1) is 0 Å². The van der Waals surface area contributed by atoms with Crippen LogP contribution in [-0.2, 0) is 9.84 Å². The lowest BCUT2D eigenvalue weighted by Crippen LogP contribution is -2.07. The molecule has 11 heteroatoms. The van der Waals surface area contributed by atoms with Gasteiger partial charge in [0.25, 0.3) is 0 Å². The van der Waals surface area contributed by atoms with Crippen LogP contribution in [0.15, 0.2) is 43.0 Å². The van der Waals surface area contributed by atoms with Crippen LogP contribution in [0.2, 0.25) is 0 Å². The van der Waals surface area contributed by atoms with E-state index in [0.29, 0.717) is 0 Å². The van der Waals surface area contributed by atoms with Crippen molar-refractivity contribution in [3.63, 3.8) is 0 Å². The van der Waals surface area contributed by atoms with E-state index in [2.05, 4.69) is 31.9 Å². The highest BCUT2D eigenvalue weighted by Gasteiger charge is 2.26. The topological polar surface area (TPSA) is 149 Å². The molecule has 0 aliphatic carbocycles. The Balaban J connectivity index is 2.76. The van der Waals surface area contributed by atoms with Gasteiger partial charge < -0.3 is 20.4 Å². The number of benzene rings is 2. The van der Waals surface area contributed by atoms with Crippen molar-refractivity contribution >= 4 is 53.6 Å². The summed E-state index contributed by atoms with van der Waals surface area (Å²) >= 11 is 5.75. The van der Waals surface area contributed by atoms with Crippen molar-refractivity contribution in [3.8, 4) is 11.5 Å². The van der Waals surface area contributed by atoms with Crippen LogP contribution >= 0.6 is 31.9 Å². The molecule has 0 radical (unpaired) electrons. The minimum absolute atomic E-state index is 0.165. The third kappa shape index (κ3) is 3.48. The maximum Gasteiger partial charge on any atom is 0.339 e. The van der Waals surface area contributed by atoms with E-state index >= 15 is 0 Å². The molecular weight excluding hydrogens is 488 g/mol. The number of carbonyl (C=O) groups is 2. The van der Waals surface area contributed by atoms with Gasteiger partial charge in [-0.1, -0.05) is 0 Å². The molecule has 0 aromatic heterocycles. The Bertz CT molecular complexity index is 938. The second kappa shape index (κ2) is 6.65. The first-order valence-corrected chi connectivity index (χ1v) is 9.30. The van der Waals surface area contributed by atoms with E-state index in [1.807, 2.05) is 0 Å². The molecule has 0 fully saturated rings. The molecule has 0 amide bonds. The fraction of sp³-hybridized carbons (Fsp3) is 0. The van der Waals surface area contributed by atoms with Crippen molar-refractivity contribution in [3.05, 3.63) is 44.3 Å². The molecule has 0 aliphatic heterocycles. The van der Waals surface area contributed by atoms with Crippen molar-refractivity contribution in [1.82, 2.24) is 0 Å². The molecule has 0 saturated heterocycles. The van der Waals surface area contributed by atoms with Crippen molar-refractivity contribution in [2.45, 2.75) is 9.79 Å². The number of carboxylic acids is 2. The number of hydrogen-bond acceptors (Lipinski definition) is 6. The molecule has 0 saturated carbocycles. The zero-order valence-electron chi connectivity index (χ0n) is 11.9. The van der Waals surface area contributed by atoms with Crippen LogP contribution in [0.3, 0.4) is 0 Å². The van der Waals surface area contributed by atoms with Crippen LogP contribution in [0.1, 0.15) is 20.7 Å². The smallest absolute Gasteiger partial charge is 0.339 e. The van der Waals surface area contributed by atoms with Gasteiger partial charge in [-0.05, 0) is 56.1 Å². The Morgan fingerprint density at radius 3 is 1.36 bits per heavy atom. The van der Waals surface area contributed by atoms with Crippen molar-refractivity contribution in [2.75, 3.05) is 0 Å². The molecule has 4 N–H and O–H groups in total. The number of phenols is 2. The van der Waals surface area contributed by atoms with Gasteiger partial charge in [0.05, 0.1) is 18.7 Å². The molecule has 8 nitrogen and oxygen atoms in total. The second-order valence-corrected chi connectivity index (χ2v) is 8.37. The second-order valence-electron chi connectivity index (χ2n) is 4.72. The van der Waals surface area contributed by atoms with E-state index in [-0.39, 0.29) is 8.95 Å². The molecule has 25 heavy (non-hydrogen) atoms. The Morgan fingerprint density at radius 1 is 0.760 bits per heavy atom. The molecule has 2 aromatic carbocycles. The lowest BCUT2D eigenvalue weighted by molar-refractivity contribution is 0.0682. The summed E-state index contributed by atoms with van der Waals surface area (Å²) in [6, 6.07) is 3.47. The van der Waals surface area contributed by atoms with E-state index in [9.17, 15) is 28.2 Å². The van der Waals surface area contributed by atoms with Gasteiger partial charge in [0.2, 0.25) is 9.84 Å². The number of aromatic hydroxyl groups is 2. The Labute approximate surface area is 157 Å². The largest absolute Gasteiger partial charge is 0.506 e. The molecule has 0 spiro atoms. The van der Waals surface area contributed by atoms with Gasteiger partial charge in [-0.3, -0.25) is 0 Å². The summed E-state index contributed by atoms with van der Waals surface area (Å²) in [7, 11) is -4.34. The summed E-state index contributed by atoms with van der Waals surface area (Å²) in [5, 5.41) is 37.5. The lowest BCUT2D eigenvalue weighted by Gasteiger charge is -2.11. The molecule has 0 aliphatic rings. The van der Waals surface area contributed by atoms with Crippen LogP contribution in [0.25, 0.3) is 0 Å². The number of aromatic carboxylic acids is 2. The van der Waals surface area contributed by atoms with Crippen LogP contribution in [-0.4, -0.2) is 40.8 Å². The standard InChI is InChI=1S/C14H8Br2O8S/c15-9-3-5(1-7(11(9)17)13(19)20)25(23,24)6-2-8(14(21)22)12(18)10(16)4-6/h1-4,17-18H,(H,19,20)(H,21,22). The van der Waals surface area contributed by atoms with Crippen LogP contribution < -0.4 is 0 Å². The van der Waals surface area contributed by atoms with E-state index in [1.54, 1.807) is 0 Å². The predicted octanol–water partition coefficient (Wildman–Crippen LogP) is 2.85. The maximum absolute atomic E-state index is 12.7. The highest BCUT2D eigenvalue weighted by atomic mass is 79.9. The number of sulfone groups is 1.